The van der Waals surface area contributed by atoms with Crippen molar-refractivity contribution in [2.45, 2.75) is 64.7 Å². The standard InChI is InChI=1S/C15H31NO2S/c1-11(2)13-8-7-12(3)9-14(13)16-10-15(4,5)19(6,17)18/h11-14,16H,7-10H2,1-6H3. The van der Waals surface area contributed by atoms with E-state index in [0.717, 1.165) is 5.92 Å². The lowest BCUT2D eigenvalue weighted by Gasteiger charge is -2.39. The molecule has 0 amide bonds. The zero-order chi connectivity index (χ0) is 14.8. The maximum absolute atomic E-state index is 11.8. The third-order valence-corrected chi connectivity index (χ3v) is 6.97. The molecule has 3 nitrogen and oxygen atoms in total. The zero-order valence-corrected chi connectivity index (χ0v) is 14.2. The molecule has 19 heavy (non-hydrogen) atoms. The van der Waals surface area contributed by atoms with Crippen LogP contribution in [0.25, 0.3) is 0 Å². The van der Waals surface area contributed by atoms with E-state index in [1.165, 1.54) is 25.5 Å². The van der Waals surface area contributed by atoms with Gasteiger partial charge in [-0.1, -0.05) is 27.2 Å². The molecule has 1 N–H and O–H groups in total. The number of sulfone groups is 1. The van der Waals surface area contributed by atoms with E-state index in [4.69, 9.17) is 0 Å². The van der Waals surface area contributed by atoms with E-state index in [2.05, 4.69) is 26.1 Å². The van der Waals surface area contributed by atoms with Gasteiger partial charge < -0.3 is 5.32 Å². The van der Waals surface area contributed by atoms with Crippen LogP contribution in [-0.2, 0) is 9.84 Å². The van der Waals surface area contributed by atoms with Gasteiger partial charge in [-0.05, 0) is 44.4 Å². The Kier molecular flexibility index (Phi) is 5.47. The summed E-state index contributed by atoms with van der Waals surface area (Å²) in [6.45, 7) is 11.0. The number of rotatable bonds is 5. The summed E-state index contributed by atoms with van der Waals surface area (Å²) < 4.78 is 22.8. The van der Waals surface area contributed by atoms with E-state index >= 15 is 0 Å². The van der Waals surface area contributed by atoms with Gasteiger partial charge in [-0.3, -0.25) is 0 Å². The second-order valence-electron chi connectivity index (χ2n) is 7.35. The minimum absolute atomic E-state index is 0.463. The lowest BCUT2D eigenvalue weighted by Crippen LogP contribution is -2.50. The van der Waals surface area contributed by atoms with Crippen LogP contribution in [0, 0.1) is 17.8 Å². The first kappa shape index (κ1) is 17.0. The Balaban J connectivity index is 2.68. The molecule has 1 aliphatic carbocycles. The minimum atomic E-state index is -3.02. The molecule has 114 valence electrons. The molecule has 0 aromatic carbocycles. The summed E-state index contributed by atoms with van der Waals surface area (Å²) in [7, 11) is -3.02. The fourth-order valence-corrected chi connectivity index (χ4v) is 3.29. The van der Waals surface area contributed by atoms with Gasteiger partial charge in [-0.25, -0.2) is 8.42 Å². The quantitative estimate of drug-likeness (QED) is 0.846. The summed E-state index contributed by atoms with van der Waals surface area (Å²) in [5, 5.41) is 3.55. The van der Waals surface area contributed by atoms with E-state index in [9.17, 15) is 8.42 Å². The highest BCUT2D eigenvalue weighted by atomic mass is 32.2. The Morgan fingerprint density at radius 2 is 1.84 bits per heavy atom. The van der Waals surface area contributed by atoms with Crippen LogP contribution >= 0.6 is 0 Å². The summed E-state index contributed by atoms with van der Waals surface area (Å²) in [6, 6.07) is 0.463. The van der Waals surface area contributed by atoms with Crippen molar-refractivity contribution in [3.63, 3.8) is 0 Å². The van der Waals surface area contributed by atoms with Gasteiger partial charge >= 0.3 is 0 Å². The van der Waals surface area contributed by atoms with Gasteiger partial charge in [-0.2, -0.15) is 0 Å². The zero-order valence-electron chi connectivity index (χ0n) is 13.4. The Morgan fingerprint density at radius 3 is 2.32 bits per heavy atom. The number of hydrogen-bond acceptors (Lipinski definition) is 3. The SMILES string of the molecule is CC1CCC(C(C)C)C(NCC(C)(C)S(C)(=O)=O)C1. The van der Waals surface area contributed by atoms with E-state index in [-0.39, 0.29) is 0 Å². The molecule has 3 unspecified atom stereocenters. The van der Waals surface area contributed by atoms with Crippen molar-refractivity contribution in [3.8, 4) is 0 Å². The van der Waals surface area contributed by atoms with Crippen LogP contribution < -0.4 is 5.32 Å². The maximum atomic E-state index is 11.8. The third kappa shape index (κ3) is 4.45. The molecule has 1 fully saturated rings. The minimum Gasteiger partial charge on any atom is -0.312 e. The van der Waals surface area contributed by atoms with Crippen LogP contribution in [0.5, 0.6) is 0 Å². The van der Waals surface area contributed by atoms with Gasteiger partial charge in [0.1, 0.15) is 0 Å². The molecular formula is C15H31NO2S. The van der Waals surface area contributed by atoms with Crippen LogP contribution in [0.15, 0.2) is 0 Å². The molecule has 0 bridgehead atoms. The van der Waals surface area contributed by atoms with Gasteiger partial charge in [0.15, 0.2) is 9.84 Å². The molecule has 1 aliphatic rings. The van der Waals surface area contributed by atoms with E-state index < -0.39 is 14.6 Å². The van der Waals surface area contributed by atoms with Gasteiger partial charge in [0, 0.05) is 18.8 Å². The first-order chi connectivity index (χ1) is 8.54. The van der Waals surface area contributed by atoms with Gasteiger partial charge in [0.25, 0.3) is 0 Å². The molecule has 0 heterocycles. The molecule has 0 radical (unpaired) electrons. The molecule has 4 heteroatoms. The largest absolute Gasteiger partial charge is 0.312 e. The molecule has 0 aromatic heterocycles. The Hall–Kier alpha value is -0.0900. The Morgan fingerprint density at radius 1 is 1.26 bits per heavy atom. The van der Waals surface area contributed by atoms with Gasteiger partial charge in [0.05, 0.1) is 4.75 Å². The maximum Gasteiger partial charge on any atom is 0.153 e. The smallest absolute Gasteiger partial charge is 0.153 e. The fraction of sp³-hybridized carbons (Fsp3) is 1.00. The average molecular weight is 289 g/mol. The van der Waals surface area contributed by atoms with Crippen molar-refractivity contribution in [2.75, 3.05) is 12.8 Å². The van der Waals surface area contributed by atoms with Crippen molar-refractivity contribution in [3.05, 3.63) is 0 Å². The molecule has 3 atom stereocenters. The second kappa shape index (κ2) is 6.13. The molecule has 0 saturated heterocycles. The Labute approximate surface area is 119 Å². The first-order valence-corrected chi connectivity index (χ1v) is 9.36. The summed E-state index contributed by atoms with van der Waals surface area (Å²) in [4.78, 5) is 0. The Bertz CT molecular complexity index is 387. The topological polar surface area (TPSA) is 46.2 Å². The predicted molar refractivity (Wildman–Crippen MR) is 82.1 cm³/mol. The van der Waals surface area contributed by atoms with E-state index in [0.29, 0.717) is 24.4 Å². The number of nitrogens with one attached hydrogen (secondary N) is 1. The van der Waals surface area contributed by atoms with Crippen molar-refractivity contribution >= 4 is 9.84 Å². The van der Waals surface area contributed by atoms with Crippen molar-refractivity contribution in [1.82, 2.24) is 5.32 Å². The normalized spacial score (nSPS) is 29.7. The van der Waals surface area contributed by atoms with Crippen molar-refractivity contribution in [2.24, 2.45) is 17.8 Å². The fourth-order valence-electron chi connectivity index (χ4n) is 2.94. The summed E-state index contributed by atoms with van der Waals surface area (Å²) >= 11 is 0. The monoisotopic (exact) mass is 289 g/mol. The van der Waals surface area contributed by atoms with Crippen LogP contribution in [0.1, 0.15) is 53.9 Å². The number of hydrogen-bond donors (Lipinski definition) is 1. The van der Waals surface area contributed by atoms with Crippen LogP contribution in [-0.4, -0.2) is 32.0 Å². The molecule has 1 rings (SSSR count). The lowest BCUT2D eigenvalue weighted by atomic mass is 9.74. The van der Waals surface area contributed by atoms with E-state index in [1.54, 1.807) is 0 Å². The highest BCUT2D eigenvalue weighted by molar-refractivity contribution is 7.92. The first-order valence-electron chi connectivity index (χ1n) is 7.47. The van der Waals surface area contributed by atoms with Gasteiger partial charge in [-0.15, -0.1) is 0 Å². The highest BCUT2D eigenvalue weighted by Crippen LogP contribution is 2.33. The summed E-state index contributed by atoms with van der Waals surface area (Å²) in [5.41, 5.74) is 0. The third-order valence-electron chi connectivity index (χ3n) is 4.82. The highest BCUT2D eigenvalue weighted by Gasteiger charge is 2.34. The summed E-state index contributed by atoms with van der Waals surface area (Å²) in [6.07, 6.45) is 5.06. The van der Waals surface area contributed by atoms with Crippen molar-refractivity contribution in [1.29, 1.82) is 0 Å². The van der Waals surface area contributed by atoms with E-state index in [1.807, 2.05) is 13.8 Å². The molecule has 0 aromatic rings. The van der Waals surface area contributed by atoms with Gasteiger partial charge in [0.2, 0.25) is 0 Å². The second-order valence-corrected chi connectivity index (χ2v) is 9.99. The molecule has 0 aliphatic heterocycles. The lowest BCUT2D eigenvalue weighted by molar-refractivity contribution is 0.168. The predicted octanol–water partition coefficient (Wildman–Crippen LogP) is 2.86. The van der Waals surface area contributed by atoms with Crippen molar-refractivity contribution < 1.29 is 8.42 Å². The van der Waals surface area contributed by atoms with Crippen LogP contribution in [0.2, 0.25) is 0 Å². The van der Waals surface area contributed by atoms with Crippen LogP contribution in [0.3, 0.4) is 0 Å². The van der Waals surface area contributed by atoms with Crippen LogP contribution in [0.4, 0.5) is 0 Å². The average Bonchev–Trinajstić information content (AvgIpc) is 2.24. The summed E-state index contributed by atoms with van der Waals surface area (Å²) in [5.74, 6) is 2.08. The molecule has 0 spiro atoms. The molecule has 1 saturated carbocycles. The molecular weight excluding hydrogens is 258 g/mol.